The van der Waals surface area contributed by atoms with Crippen molar-refractivity contribution in [3.05, 3.63) is 325 Å². The van der Waals surface area contributed by atoms with Crippen LogP contribution >= 0.6 is 0 Å². The molecule has 1 atom stereocenters. The third kappa shape index (κ3) is 9.52. The van der Waals surface area contributed by atoms with E-state index in [1.54, 1.807) is 20.8 Å². The molecule has 9 aromatic carbocycles. The molecule has 0 nitrogen and oxygen atoms in total. The van der Waals surface area contributed by atoms with Gasteiger partial charge < -0.3 is 0 Å². The van der Waals surface area contributed by atoms with Gasteiger partial charge in [-0.25, -0.2) is 0 Å². The van der Waals surface area contributed by atoms with Crippen molar-refractivity contribution < 1.29 is 0 Å². The van der Waals surface area contributed by atoms with E-state index in [0.717, 1.165) is 38.5 Å². The molecule has 0 spiro atoms. The maximum Gasteiger partial charge on any atom is 0.178 e. The van der Waals surface area contributed by atoms with Crippen LogP contribution in [-0.2, 0) is 38.5 Å². The van der Waals surface area contributed by atoms with Gasteiger partial charge in [-0.2, -0.15) is 0 Å². The molecule has 1 unspecified atom stereocenters. The lowest BCUT2D eigenvalue weighted by atomic mass is 9.97. The molecule has 0 bridgehead atoms. The van der Waals surface area contributed by atoms with Gasteiger partial charge in [0.2, 0.25) is 0 Å². The van der Waals surface area contributed by atoms with Crippen LogP contribution < -0.4 is 15.6 Å². The van der Waals surface area contributed by atoms with Crippen molar-refractivity contribution in [3.63, 3.8) is 0 Å². The molecule has 0 heterocycles. The van der Waals surface area contributed by atoms with Gasteiger partial charge in [0.15, 0.2) is 8.07 Å². The highest BCUT2D eigenvalue weighted by atomic mass is 28.3. The zero-order chi connectivity index (χ0) is 47.9. The summed E-state index contributed by atoms with van der Waals surface area (Å²) in [5, 5.41) is 6.34. The van der Waals surface area contributed by atoms with Gasteiger partial charge in [0.25, 0.3) is 0 Å². The Morgan fingerprint density at radius 2 is 0.486 bits per heavy atom. The van der Waals surface area contributed by atoms with E-state index in [0.29, 0.717) is 0 Å². The summed E-state index contributed by atoms with van der Waals surface area (Å²) < 4.78 is 0. The zero-order valence-electron chi connectivity index (χ0n) is 41.3. The Bertz CT molecular complexity index is 2770. The Balaban J connectivity index is 1.46. The average Bonchev–Trinajstić information content (AvgIpc) is 3.59. The monoisotopic (exact) mass is 920 g/mol. The maximum atomic E-state index is 2.55. The Labute approximate surface area is 418 Å². The fourth-order valence-corrected chi connectivity index (χ4v) is 19.0. The van der Waals surface area contributed by atoms with Crippen molar-refractivity contribution in [3.8, 4) is 0 Å². The van der Waals surface area contributed by atoms with Crippen LogP contribution in [-0.4, -0.2) is 8.07 Å². The molecule has 10 rings (SSSR count). The molecule has 1 aliphatic carbocycles. The van der Waals surface area contributed by atoms with Gasteiger partial charge >= 0.3 is 0 Å². The highest BCUT2D eigenvalue weighted by Crippen LogP contribution is 2.44. The number of allylic oxidation sites excluding steroid dienone is 4. The van der Waals surface area contributed by atoms with Crippen LogP contribution in [0.3, 0.4) is 0 Å². The molecule has 70 heavy (non-hydrogen) atoms. The van der Waals surface area contributed by atoms with Gasteiger partial charge in [0.05, 0.1) is 0 Å². The SMILES string of the molecule is CC1=C(C)C(C)C([Si](c2c(Cc3ccccc3)cccc2Cc2ccccc2)(c2c(Cc3ccccc3)cccc2Cc2ccccc2)c2c(Cc3ccccc3)cccc2Cc2ccccc2)=C1C. The van der Waals surface area contributed by atoms with Crippen LogP contribution in [0.25, 0.3) is 0 Å². The molecule has 0 N–H and O–H groups in total. The maximum absolute atomic E-state index is 3.55. The van der Waals surface area contributed by atoms with Gasteiger partial charge in [-0.15, -0.1) is 0 Å². The first kappa shape index (κ1) is 46.4. The van der Waals surface area contributed by atoms with Gasteiger partial charge in [-0.1, -0.05) is 260 Å². The van der Waals surface area contributed by atoms with E-state index >= 15 is 0 Å². The van der Waals surface area contributed by atoms with Crippen molar-refractivity contribution in [2.45, 2.75) is 66.2 Å². The summed E-state index contributed by atoms with van der Waals surface area (Å²) in [5.74, 6) is 0.213. The minimum atomic E-state index is -3.55. The Kier molecular flexibility index (Phi) is 14.0. The van der Waals surface area contributed by atoms with E-state index in [-0.39, 0.29) is 5.92 Å². The third-order valence-corrected chi connectivity index (χ3v) is 21.1. The van der Waals surface area contributed by atoms with Crippen molar-refractivity contribution in [2.75, 3.05) is 0 Å². The smallest absolute Gasteiger partial charge is 0.0636 e. The Hall–Kier alpha value is -7.32. The average molecular weight is 921 g/mol. The third-order valence-electron chi connectivity index (χ3n) is 15.3. The van der Waals surface area contributed by atoms with E-state index < -0.39 is 8.07 Å². The lowest BCUT2D eigenvalue weighted by Crippen LogP contribution is -2.74. The lowest BCUT2D eigenvalue weighted by Gasteiger charge is -2.45. The second-order valence-electron chi connectivity index (χ2n) is 19.6. The van der Waals surface area contributed by atoms with E-state index in [9.17, 15) is 0 Å². The predicted octanol–water partition coefficient (Wildman–Crippen LogP) is 14.5. The first-order valence-corrected chi connectivity index (χ1v) is 27.3. The van der Waals surface area contributed by atoms with Crippen LogP contribution in [0.1, 0.15) is 94.5 Å². The molecule has 0 radical (unpaired) electrons. The number of rotatable bonds is 16. The normalized spacial score (nSPS) is 13.8. The fraction of sp³-hybridized carbons (Fsp3) is 0.159. The number of hydrogen-bond acceptors (Lipinski definition) is 0. The van der Waals surface area contributed by atoms with Crippen LogP contribution in [0.15, 0.2) is 259 Å². The molecule has 1 heteroatoms. The number of hydrogen-bond donors (Lipinski definition) is 0. The van der Waals surface area contributed by atoms with E-state index in [1.165, 1.54) is 83.5 Å². The molecule has 0 aromatic heterocycles. The second-order valence-corrected chi connectivity index (χ2v) is 23.2. The highest BCUT2D eigenvalue weighted by Gasteiger charge is 2.53. The van der Waals surface area contributed by atoms with Crippen molar-refractivity contribution >= 4 is 23.6 Å². The molecule has 9 aromatic rings. The number of benzene rings is 9. The summed E-state index contributed by atoms with van der Waals surface area (Å²) in [7, 11) is -3.55. The molecular weight excluding hydrogens is 857 g/mol. The van der Waals surface area contributed by atoms with Crippen LogP contribution in [0.5, 0.6) is 0 Å². The Morgan fingerprint density at radius 1 is 0.271 bits per heavy atom. The standard InChI is InChI=1S/C69H64Si/c1-50-51(2)53(4)66(52(50)3)70(67-60(44-54-26-11-5-12-27-54)38-23-39-61(67)45-55-28-13-6-14-29-55,68-62(46-56-30-15-7-16-31-56)40-24-41-63(68)47-57-32-17-8-18-33-57)69-64(48-58-34-19-9-20-35-58)42-25-43-65(69)49-59-36-21-10-22-37-59/h5-43,52H,44-49H2,1-4H3. The molecule has 0 saturated carbocycles. The lowest BCUT2D eigenvalue weighted by molar-refractivity contribution is 0.850. The van der Waals surface area contributed by atoms with Gasteiger partial charge in [-0.05, 0) is 153 Å². The summed E-state index contributed by atoms with van der Waals surface area (Å²) in [4.78, 5) is 0. The summed E-state index contributed by atoms with van der Waals surface area (Å²) in [6, 6.07) is 89.8. The summed E-state index contributed by atoms with van der Waals surface area (Å²) in [5.41, 5.74) is 21.0. The Morgan fingerprint density at radius 3 is 0.671 bits per heavy atom. The minimum absolute atomic E-state index is 0.213. The summed E-state index contributed by atoms with van der Waals surface area (Å²) in [6.07, 6.45) is 5.02. The molecule has 0 aliphatic heterocycles. The first-order chi connectivity index (χ1) is 34.4. The zero-order valence-corrected chi connectivity index (χ0v) is 42.3. The topological polar surface area (TPSA) is 0 Å². The predicted molar refractivity (Wildman–Crippen MR) is 300 cm³/mol. The van der Waals surface area contributed by atoms with Crippen molar-refractivity contribution in [1.82, 2.24) is 0 Å². The second kappa shape index (κ2) is 21.1. The molecule has 1 aliphatic rings. The van der Waals surface area contributed by atoms with Gasteiger partial charge in [-0.3, -0.25) is 0 Å². The first-order valence-electron chi connectivity index (χ1n) is 25.3. The molecule has 344 valence electrons. The van der Waals surface area contributed by atoms with Gasteiger partial charge in [0, 0.05) is 0 Å². The van der Waals surface area contributed by atoms with Crippen LogP contribution in [0.2, 0.25) is 0 Å². The largest absolute Gasteiger partial charge is 0.178 e. The molecule has 0 saturated heterocycles. The molecular formula is C69H64Si. The summed E-state index contributed by atoms with van der Waals surface area (Å²) in [6.45, 7) is 9.88. The van der Waals surface area contributed by atoms with Crippen molar-refractivity contribution in [1.29, 1.82) is 0 Å². The molecule has 0 fully saturated rings. The quantitative estimate of drug-likeness (QED) is 0.0669. The van der Waals surface area contributed by atoms with Crippen LogP contribution in [0.4, 0.5) is 0 Å². The van der Waals surface area contributed by atoms with Gasteiger partial charge in [0.1, 0.15) is 0 Å². The molecule has 0 amide bonds. The minimum Gasteiger partial charge on any atom is -0.0636 e. The van der Waals surface area contributed by atoms with E-state index in [1.807, 2.05) is 0 Å². The summed E-state index contributed by atoms with van der Waals surface area (Å²) >= 11 is 0. The fourth-order valence-electron chi connectivity index (χ4n) is 11.9. The van der Waals surface area contributed by atoms with Crippen molar-refractivity contribution in [2.24, 2.45) is 5.92 Å². The van der Waals surface area contributed by atoms with E-state index in [2.05, 4.69) is 264 Å². The van der Waals surface area contributed by atoms with Crippen LogP contribution in [0, 0.1) is 5.92 Å². The van der Waals surface area contributed by atoms with E-state index in [4.69, 9.17) is 0 Å². The highest BCUT2D eigenvalue weighted by molar-refractivity contribution is 7.17.